The normalized spacial score (nSPS) is 27.8. The van der Waals surface area contributed by atoms with Crippen LogP contribution < -0.4 is 10.6 Å². The Bertz CT molecular complexity index is 440. The Morgan fingerprint density at radius 2 is 1.91 bits per heavy atom. The molecule has 1 aliphatic carbocycles. The molecule has 0 bridgehead atoms. The predicted molar refractivity (Wildman–Crippen MR) is 87.9 cm³/mol. The maximum absolute atomic E-state index is 11.7. The summed E-state index contributed by atoms with van der Waals surface area (Å²) in [6.07, 6.45) is 0.892. The van der Waals surface area contributed by atoms with Crippen LogP contribution >= 0.6 is 0 Å². The largest absolute Gasteiger partial charge is 0.459 e. The number of methoxy groups -OCH3 is 1. The van der Waals surface area contributed by atoms with E-state index < -0.39 is 5.60 Å². The van der Waals surface area contributed by atoms with Crippen molar-refractivity contribution in [2.45, 2.75) is 65.2 Å². The van der Waals surface area contributed by atoms with Crippen LogP contribution in [0.4, 0.5) is 0 Å². The molecule has 0 aromatic heterocycles. The molecular weight excluding hydrogens is 282 g/mol. The van der Waals surface area contributed by atoms with Gasteiger partial charge in [-0.15, -0.1) is 0 Å². The molecule has 0 radical (unpaired) electrons. The van der Waals surface area contributed by atoms with E-state index in [0.717, 1.165) is 6.42 Å². The van der Waals surface area contributed by atoms with Gasteiger partial charge in [0.05, 0.1) is 5.60 Å². The minimum absolute atomic E-state index is 0.0225. The lowest BCUT2D eigenvalue weighted by Crippen LogP contribution is -2.69. The fourth-order valence-corrected chi connectivity index (χ4v) is 2.62. The van der Waals surface area contributed by atoms with Gasteiger partial charge in [-0.25, -0.2) is 0 Å². The smallest absolute Gasteiger partial charge is 0.325 e. The van der Waals surface area contributed by atoms with Crippen LogP contribution in [0, 0.1) is 5.41 Å². The van der Waals surface area contributed by atoms with E-state index in [9.17, 15) is 4.79 Å². The molecule has 0 spiro atoms. The Labute approximate surface area is 134 Å². The van der Waals surface area contributed by atoms with Gasteiger partial charge in [0.1, 0.15) is 12.1 Å². The molecular formula is C16H31N3O3. The SMILES string of the molecule is CN=C(NCC(=O)OC(C)(C)C)NC1CC(C)(OC)C1(C)C. The van der Waals surface area contributed by atoms with Crippen molar-refractivity contribution in [2.75, 3.05) is 20.7 Å². The molecule has 0 heterocycles. The quantitative estimate of drug-likeness (QED) is 0.469. The van der Waals surface area contributed by atoms with E-state index in [-0.39, 0.29) is 29.6 Å². The van der Waals surface area contributed by atoms with Crippen LogP contribution in [0.25, 0.3) is 0 Å². The molecule has 0 aliphatic heterocycles. The molecule has 6 heteroatoms. The molecule has 1 aliphatic rings. The Morgan fingerprint density at radius 3 is 2.32 bits per heavy atom. The zero-order chi connectivity index (χ0) is 17.2. The first-order valence-corrected chi connectivity index (χ1v) is 7.69. The number of hydrogen-bond acceptors (Lipinski definition) is 4. The van der Waals surface area contributed by atoms with E-state index in [1.54, 1.807) is 14.2 Å². The van der Waals surface area contributed by atoms with Crippen LogP contribution in [-0.4, -0.2) is 49.9 Å². The van der Waals surface area contributed by atoms with Crippen molar-refractivity contribution < 1.29 is 14.3 Å². The van der Waals surface area contributed by atoms with Gasteiger partial charge in [0.15, 0.2) is 5.96 Å². The third kappa shape index (κ3) is 4.12. The number of rotatable bonds is 4. The van der Waals surface area contributed by atoms with Crippen LogP contribution in [0.15, 0.2) is 4.99 Å². The van der Waals surface area contributed by atoms with Crippen LogP contribution in [0.2, 0.25) is 0 Å². The summed E-state index contributed by atoms with van der Waals surface area (Å²) in [4.78, 5) is 15.9. The van der Waals surface area contributed by atoms with Crippen molar-refractivity contribution in [1.29, 1.82) is 0 Å². The number of aliphatic imine (C=N–C) groups is 1. The Balaban J connectivity index is 2.50. The van der Waals surface area contributed by atoms with Crippen molar-refractivity contribution in [2.24, 2.45) is 10.4 Å². The lowest BCUT2D eigenvalue weighted by Gasteiger charge is -2.59. The first-order valence-electron chi connectivity index (χ1n) is 7.69. The van der Waals surface area contributed by atoms with E-state index in [2.05, 4.69) is 36.4 Å². The molecule has 2 unspecified atom stereocenters. The maximum Gasteiger partial charge on any atom is 0.325 e. The summed E-state index contributed by atoms with van der Waals surface area (Å²) in [7, 11) is 3.43. The van der Waals surface area contributed by atoms with E-state index >= 15 is 0 Å². The molecule has 0 amide bonds. The van der Waals surface area contributed by atoms with Crippen molar-refractivity contribution in [3.8, 4) is 0 Å². The van der Waals surface area contributed by atoms with Gasteiger partial charge in [0, 0.05) is 25.6 Å². The van der Waals surface area contributed by atoms with Gasteiger partial charge in [-0.05, 0) is 34.1 Å². The molecule has 1 saturated carbocycles. The summed E-state index contributed by atoms with van der Waals surface area (Å²) in [5, 5.41) is 6.35. The van der Waals surface area contributed by atoms with Crippen molar-refractivity contribution in [1.82, 2.24) is 10.6 Å². The second-order valence-corrected chi connectivity index (χ2v) is 7.57. The number of hydrogen-bond donors (Lipinski definition) is 2. The van der Waals surface area contributed by atoms with Crippen molar-refractivity contribution >= 4 is 11.9 Å². The van der Waals surface area contributed by atoms with E-state index in [0.29, 0.717) is 5.96 Å². The monoisotopic (exact) mass is 313 g/mol. The van der Waals surface area contributed by atoms with Gasteiger partial charge < -0.3 is 20.1 Å². The maximum atomic E-state index is 11.7. The van der Waals surface area contributed by atoms with E-state index in [4.69, 9.17) is 9.47 Å². The molecule has 1 rings (SSSR count). The molecule has 0 aromatic carbocycles. The number of esters is 1. The molecule has 128 valence electrons. The van der Waals surface area contributed by atoms with Gasteiger partial charge in [0.2, 0.25) is 0 Å². The van der Waals surface area contributed by atoms with Crippen LogP contribution in [-0.2, 0) is 14.3 Å². The van der Waals surface area contributed by atoms with Gasteiger partial charge in [0.25, 0.3) is 0 Å². The molecule has 0 saturated heterocycles. The minimum Gasteiger partial charge on any atom is -0.459 e. The van der Waals surface area contributed by atoms with Crippen LogP contribution in [0.1, 0.15) is 48.0 Å². The molecule has 2 atom stereocenters. The van der Waals surface area contributed by atoms with Gasteiger partial charge in [-0.2, -0.15) is 0 Å². The topological polar surface area (TPSA) is 72.0 Å². The average molecular weight is 313 g/mol. The highest BCUT2D eigenvalue weighted by Gasteiger charge is 2.58. The predicted octanol–water partition coefficient (Wildman–Crippen LogP) is 1.70. The van der Waals surface area contributed by atoms with Crippen LogP contribution in [0.5, 0.6) is 0 Å². The zero-order valence-electron chi connectivity index (χ0n) is 15.2. The second kappa shape index (κ2) is 6.44. The summed E-state index contributed by atoms with van der Waals surface area (Å²) in [5.41, 5.74) is -0.647. The fraction of sp³-hybridized carbons (Fsp3) is 0.875. The molecule has 1 fully saturated rings. The highest BCUT2D eigenvalue weighted by Crippen LogP contribution is 2.51. The van der Waals surface area contributed by atoms with Crippen molar-refractivity contribution in [3.63, 3.8) is 0 Å². The zero-order valence-corrected chi connectivity index (χ0v) is 15.2. The van der Waals surface area contributed by atoms with E-state index in [1.165, 1.54) is 0 Å². The van der Waals surface area contributed by atoms with Crippen molar-refractivity contribution in [3.05, 3.63) is 0 Å². The molecule has 2 N–H and O–H groups in total. The Kier molecular flexibility index (Phi) is 5.49. The van der Waals surface area contributed by atoms with Gasteiger partial charge in [-0.3, -0.25) is 9.79 Å². The van der Waals surface area contributed by atoms with E-state index in [1.807, 2.05) is 20.8 Å². The second-order valence-electron chi connectivity index (χ2n) is 7.57. The first kappa shape index (κ1) is 18.7. The molecule has 0 aromatic rings. The number of guanidine groups is 1. The number of ether oxygens (including phenoxy) is 2. The minimum atomic E-state index is -0.480. The lowest BCUT2D eigenvalue weighted by molar-refractivity contribution is -0.176. The average Bonchev–Trinajstić information content (AvgIpc) is 2.39. The Morgan fingerprint density at radius 1 is 1.32 bits per heavy atom. The fourth-order valence-electron chi connectivity index (χ4n) is 2.62. The third-order valence-corrected chi connectivity index (χ3v) is 4.63. The summed E-state index contributed by atoms with van der Waals surface area (Å²) in [6.45, 7) is 12.1. The number of nitrogens with one attached hydrogen (secondary N) is 2. The highest BCUT2D eigenvalue weighted by atomic mass is 16.6. The molecule has 6 nitrogen and oxygen atoms in total. The van der Waals surface area contributed by atoms with Gasteiger partial charge >= 0.3 is 5.97 Å². The number of carbonyl (C=O) groups excluding carboxylic acids is 1. The summed E-state index contributed by atoms with van der Waals surface area (Å²) in [5.74, 6) is 0.298. The lowest BCUT2D eigenvalue weighted by atomic mass is 9.56. The summed E-state index contributed by atoms with van der Waals surface area (Å²) in [6, 6.07) is 0.238. The third-order valence-electron chi connectivity index (χ3n) is 4.63. The number of nitrogens with zero attached hydrogens (tertiary/aromatic N) is 1. The number of carbonyl (C=O) groups is 1. The summed E-state index contributed by atoms with van der Waals surface area (Å²) < 4.78 is 10.9. The highest BCUT2D eigenvalue weighted by molar-refractivity contribution is 5.84. The van der Waals surface area contributed by atoms with Crippen LogP contribution in [0.3, 0.4) is 0 Å². The standard InChI is InChI=1S/C16H31N3O3/c1-14(2,3)22-12(20)10-18-13(17-7)19-11-9-16(6,21-8)15(11,4)5/h11H,9-10H2,1-8H3,(H2,17,18,19). The Hall–Kier alpha value is -1.30. The first-order chi connectivity index (χ1) is 9.95. The molecule has 22 heavy (non-hydrogen) atoms. The van der Waals surface area contributed by atoms with Gasteiger partial charge in [-0.1, -0.05) is 13.8 Å². The summed E-state index contributed by atoms with van der Waals surface area (Å²) >= 11 is 0.